The quantitative estimate of drug-likeness (QED) is 0.799. The van der Waals surface area contributed by atoms with Gasteiger partial charge in [-0.2, -0.15) is 0 Å². The van der Waals surface area contributed by atoms with Gasteiger partial charge in [0.25, 0.3) is 0 Å². The number of nitrogens with two attached hydrogens (primary N) is 1. The fraction of sp³-hybridized carbons (Fsp3) is 0.412. The van der Waals surface area contributed by atoms with Crippen LogP contribution in [0, 0.1) is 6.42 Å². The highest BCUT2D eigenvalue weighted by atomic mass is 16.5. The van der Waals surface area contributed by atoms with Gasteiger partial charge < -0.3 is 20.3 Å². The van der Waals surface area contributed by atoms with Crippen LogP contribution in [0.15, 0.2) is 18.3 Å². The van der Waals surface area contributed by atoms with Gasteiger partial charge in [0.05, 0.1) is 24.9 Å². The van der Waals surface area contributed by atoms with Crippen molar-refractivity contribution in [1.82, 2.24) is 14.9 Å². The lowest BCUT2D eigenvalue weighted by atomic mass is 10.0. The number of hydrogen-bond donors (Lipinski definition) is 2. The second kappa shape index (κ2) is 7.52. The predicted molar refractivity (Wildman–Crippen MR) is 91.3 cm³/mol. The molecule has 8 heteroatoms. The molecule has 25 heavy (non-hydrogen) atoms. The van der Waals surface area contributed by atoms with Crippen LogP contribution in [-0.4, -0.2) is 58.7 Å². The van der Waals surface area contributed by atoms with E-state index in [1.807, 2.05) is 4.90 Å². The highest BCUT2D eigenvalue weighted by Crippen LogP contribution is 2.32. The van der Waals surface area contributed by atoms with E-state index in [1.54, 1.807) is 12.1 Å². The Hall–Kier alpha value is -2.61. The van der Waals surface area contributed by atoms with E-state index in [0.717, 1.165) is 13.0 Å². The number of methoxy groups -OCH3 is 1. The molecule has 3 N–H and O–H groups in total. The van der Waals surface area contributed by atoms with Crippen LogP contribution in [0.2, 0.25) is 0 Å². The van der Waals surface area contributed by atoms with Gasteiger partial charge in [-0.1, -0.05) is 0 Å². The Morgan fingerprint density at radius 3 is 3.08 bits per heavy atom. The van der Waals surface area contributed by atoms with E-state index < -0.39 is 0 Å². The van der Waals surface area contributed by atoms with Crippen molar-refractivity contribution in [2.75, 3.05) is 26.8 Å². The summed E-state index contributed by atoms with van der Waals surface area (Å²) in [6.07, 6.45) is 5.10. The van der Waals surface area contributed by atoms with Gasteiger partial charge in [-0.05, 0) is 31.9 Å². The van der Waals surface area contributed by atoms with E-state index in [2.05, 4.69) is 16.4 Å². The third kappa shape index (κ3) is 3.74. The first-order chi connectivity index (χ1) is 12.1. The third-order valence-corrected chi connectivity index (χ3v) is 4.25. The molecule has 0 aliphatic carbocycles. The number of ether oxygens (including phenoxy) is 2. The number of primary amides is 1. The lowest BCUT2D eigenvalue weighted by Gasteiger charge is -2.33. The highest BCUT2D eigenvalue weighted by molar-refractivity contribution is 5.83. The molecule has 1 radical (unpaired) electrons. The summed E-state index contributed by atoms with van der Waals surface area (Å²) >= 11 is 0. The molecule has 0 spiro atoms. The number of likely N-dealkylation sites (tertiary alicyclic amines) is 1. The van der Waals surface area contributed by atoms with Crippen LogP contribution in [0.3, 0.4) is 0 Å². The summed E-state index contributed by atoms with van der Waals surface area (Å²) in [5, 5.41) is 10.4. The summed E-state index contributed by atoms with van der Waals surface area (Å²) in [7, 11) is 1.50. The zero-order valence-electron chi connectivity index (χ0n) is 14.0. The van der Waals surface area contributed by atoms with Crippen molar-refractivity contribution in [3.05, 3.63) is 24.8 Å². The van der Waals surface area contributed by atoms with Crippen molar-refractivity contribution in [2.24, 2.45) is 5.73 Å². The SMILES string of the molecule is COc1ccc2ncc(OCCN3CC[CH]CC3C(N)=O)c(O)c2n1. The van der Waals surface area contributed by atoms with Crippen LogP contribution in [0.25, 0.3) is 11.0 Å². The summed E-state index contributed by atoms with van der Waals surface area (Å²) < 4.78 is 10.7. The van der Waals surface area contributed by atoms with Crippen LogP contribution < -0.4 is 15.2 Å². The Morgan fingerprint density at radius 1 is 1.48 bits per heavy atom. The molecule has 0 saturated carbocycles. The van der Waals surface area contributed by atoms with E-state index in [-0.39, 0.29) is 23.4 Å². The molecule has 8 nitrogen and oxygen atoms in total. The van der Waals surface area contributed by atoms with Crippen LogP contribution >= 0.6 is 0 Å². The zero-order valence-corrected chi connectivity index (χ0v) is 14.0. The van der Waals surface area contributed by atoms with E-state index in [9.17, 15) is 9.90 Å². The number of piperidine rings is 1. The number of nitrogens with zero attached hydrogens (tertiary/aromatic N) is 3. The largest absolute Gasteiger partial charge is 0.503 e. The molecule has 3 heterocycles. The molecule has 1 saturated heterocycles. The lowest BCUT2D eigenvalue weighted by molar-refractivity contribution is -0.123. The molecular weight excluding hydrogens is 324 g/mol. The highest BCUT2D eigenvalue weighted by Gasteiger charge is 2.26. The average molecular weight is 345 g/mol. The number of hydrogen-bond acceptors (Lipinski definition) is 7. The summed E-state index contributed by atoms with van der Waals surface area (Å²) in [6, 6.07) is 3.09. The lowest BCUT2D eigenvalue weighted by Crippen LogP contribution is -2.49. The monoisotopic (exact) mass is 345 g/mol. The van der Waals surface area contributed by atoms with E-state index in [0.29, 0.717) is 36.5 Å². The minimum Gasteiger partial charge on any atom is -0.503 e. The van der Waals surface area contributed by atoms with Crippen molar-refractivity contribution >= 4 is 16.9 Å². The predicted octanol–water partition coefficient (Wildman–Crippen LogP) is 0.877. The molecule has 3 rings (SSSR count). The van der Waals surface area contributed by atoms with Crippen molar-refractivity contribution in [2.45, 2.75) is 18.9 Å². The van der Waals surface area contributed by atoms with Crippen LogP contribution in [0.1, 0.15) is 12.8 Å². The number of fused-ring (bicyclic) bond motifs is 1. The van der Waals surface area contributed by atoms with Gasteiger partial charge in [-0.15, -0.1) is 0 Å². The van der Waals surface area contributed by atoms with Crippen LogP contribution in [0.5, 0.6) is 17.4 Å². The number of amides is 1. The van der Waals surface area contributed by atoms with E-state index in [4.69, 9.17) is 15.2 Å². The topological polar surface area (TPSA) is 111 Å². The molecule has 2 aromatic rings. The van der Waals surface area contributed by atoms with Crippen molar-refractivity contribution in [1.29, 1.82) is 0 Å². The molecule has 1 fully saturated rings. The minimum absolute atomic E-state index is 0.0812. The minimum atomic E-state index is -0.331. The summed E-state index contributed by atoms with van der Waals surface area (Å²) in [4.78, 5) is 21.9. The van der Waals surface area contributed by atoms with Gasteiger partial charge in [0, 0.05) is 12.6 Å². The molecule has 1 unspecified atom stereocenters. The Kier molecular flexibility index (Phi) is 5.18. The Bertz CT molecular complexity index is 768. The Labute approximate surface area is 145 Å². The molecule has 1 aliphatic rings. The fourth-order valence-corrected chi connectivity index (χ4v) is 2.91. The fourth-order valence-electron chi connectivity index (χ4n) is 2.91. The summed E-state index contributed by atoms with van der Waals surface area (Å²) in [5.74, 6) is 0.216. The average Bonchev–Trinajstić information content (AvgIpc) is 2.63. The first kappa shape index (κ1) is 17.2. The normalized spacial score (nSPS) is 18.2. The maximum Gasteiger partial charge on any atom is 0.234 e. The van der Waals surface area contributed by atoms with E-state index in [1.165, 1.54) is 13.3 Å². The first-order valence-corrected chi connectivity index (χ1v) is 8.10. The van der Waals surface area contributed by atoms with Crippen LogP contribution in [-0.2, 0) is 4.79 Å². The zero-order chi connectivity index (χ0) is 17.8. The van der Waals surface area contributed by atoms with Crippen LogP contribution in [0.4, 0.5) is 0 Å². The summed E-state index contributed by atoms with van der Waals surface area (Å²) in [6.45, 7) is 1.59. The second-order valence-corrected chi connectivity index (χ2v) is 5.81. The number of aromatic hydroxyl groups is 1. The van der Waals surface area contributed by atoms with Gasteiger partial charge in [-0.3, -0.25) is 14.7 Å². The number of pyridine rings is 2. The molecule has 2 aromatic heterocycles. The van der Waals surface area contributed by atoms with Gasteiger partial charge >= 0.3 is 0 Å². The Balaban J connectivity index is 1.68. The van der Waals surface area contributed by atoms with Crippen molar-refractivity contribution in [3.63, 3.8) is 0 Å². The molecule has 1 amide bonds. The second-order valence-electron chi connectivity index (χ2n) is 5.81. The smallest absolute Gasteiger partial charge is 0.234 e. The van der Waals surface area contributed by atoms with E-state index >= 15 is 0 Å². The molecule has 0 bridgehead atoms. The molecular formula is C17H21N4O4. The molecule has 133 valence electrons. The molecule has 0 aromatic carbocycles. The van der Waals surface area contributed by atoms with Gasteiger partial charge in [-0.25, -0.2) is 4.98 Å². The van der Waals surface area contributed by atoms with Gasteiger partial charge in [0.1, 0.15) is 12.1 Å². The van der Waals surface area contributed by atoms with Crippen molar-refractivity contribution in [3.8, 4) is 17.4 Å². The maximum absolute atomic E-state index is 11.5. The third-order valence-electron chi connectivity index (χ3n) is 4.25. The summed E-state index contributed by atoms with van der Waals surface area (Å²) in [5.41, 5.74) is 6.31. The number of aromatic nitrogens is 2. The van der Waals surface area contributed by atoms with Gasteiger partial charge in [0.15, 0.2) is 11.5 Å². The number of carbonyl (C=O) groups excluding carboxylic acids is 1. The maximum atomic E-state index is 11.5. The van der Waals surface area contributed by atoms with Gasteiger partial charge in [0.2, 0.25) is 11.8 Å². The molecule has 1 aliphatic heterocycles. The Morgan fingerprint density at radius 2 is 2.32 bits per heavy atom. The first-order valence-electron chi connectivity index (χ1n) is 8.10. The number of carbonyl (C=O) groups is 1. The number of rotatable bonds is 6. The molecule has 1 atom stereocenters. The standard InChI is InChI=1S/C17H21N4O4/c1-24-14-6-5-11-15(20-14)16(22)13(10-19-11)25-9-8-21-7-3-2-4-12(21)17(18)23/h2,5-6,10,12H,3-4,7-9H2,1H3,(H2,18,23)(H,19,22). The van der Waals surface area contributed by atoms with Crippen molar-refractivity contribution < 1.29 is 19.4 Å².